The minimum atomic E-state index is -0.435. The largest absolute Gasteiger partial charge is 0.444 e. The number of nitrogens with one attached hydrogen (secondary N) is 1. The molecule has 1 fully saturated rings. The number of benzene rings is 1. The van der Waals surface area contributed by atoms with E-state index in [-0.39, 0.29) is 12.1 Å². The van der Waals surface area contributed by atoms with Gasteiger partial charge in [0.25, 0.3) is 0 Å². The highest BCUT2D eigenvalue weighted by Gasteiger charge is 2.25. The van der Waals surface area contributed by atoms with Gasteiger partial charge in [-0.1, -0.05) is 30.3 Å². The van der Waals surface area contributed by atoms with Crippen LogP contribution in [0, 0.1) is 0 Å². The van der Waals surface area contributed by atoms with Crippen LogP contribution >= 0.6 is 0 Å². The van der Waals surface area contributed by atoms with Crippen molar-refractivity contribution in [3.05, 3.63) is 35.9 Å². The number of amides is 1. The molecule has 21 heavy (non-hydrogen) atoms. The van der Waals surface area contributed by atoms with Crippen molar-refractivity contribution >= 4 is 6.09 Å². The number of hydrogen-bond acceptors (Lipinski definition) is 3. The Morgan fingerprint density at radius 1 is 1.33 bits per heavy atom. The molecule has 4 heteroatoms. The molecule has 0 aromatic heterocycles. The molecule has 1 aromatic carbocycles. The monoisotopic (exact) mass is 290 g/mol. The smallest absolute Gasteiger partial charge is 0.407 e. The molecule has 1 atom stereocenters. The molecule has 0 spiro atoms. The number of nitrogens with zero attached hydrogens (tertiary/aromatic N) is 1. The number of likely N-dealkylation sites (tertiary alicyclic amines) is 1. The van der Waals surface area contributed by atoms with Gasteiger partial charge in [-0.05, 0) is 39.2 Å². The van der Waals surface area contributed by atoms with Crippen LogP contribution in [-0.4, -0.2) is 42.3 Å². The van der Waals surface area contributed by atoms with E-state index in [1.807, 2.05) is 26.8 Å². The van der Waals surface area contributed by atoms with Crippen molar-refractivity contribution in [3.63, 3.8) is 0 Å². The first-order chi connectivity index (χ1) is 9.92. The lowest BCUT2D eigenvalue weighted by atomic mass is 10.1. The van der Waals surface area contributed by atoms with Gasteiger partial charge in [-0.2, -0.15) is 0 Å². The van der Waals surface area contributed by atoms with Gasteiger partial charge in [0.05, 0.1) is 0 Å². The number of ether oxygens (including phenoxy) is 1. The van der Waals surface area contributed by atoms with E-state index in [1.165, 1.54) is 5.56 Å². The van der Waals surface area contributed by atoms with E-state index in [0.717, 1.165) is 32.5 Å². The highest BCUT2D eigenvalue weighted by atomic mass is 16.6. The molecule has 1 aliphatic rings. The van der Waals surface area contributed by atoms with Crippen molar-refractivity contribution in [1.29, 1.82) is 0 Å². The summed E-state index contributed by atoms with van der Waals surface area (Å²) in [6.07, 6.45) is 1.74. The van der Waals surface area contributed by atoms with Crippen molar-refractivity contribution < 1.29 is 9.53 Å². The van der Waals surface area contributed by atoms with Crippen LogP contribution in [0.25, 0.3) is 0 Å². The van der Waals surface area contributed by atoms with Crippen molar-refractivity contribution in [2.75, 3.05) is 19.6 Å². The van der Waals surface area contributed by atoms with Gasteiger partial charge in [-0.3, -0.25) is 0 Å². The summed E-state index contributed by atoms with van der Waals surface area (Å²) in [7, 11) is 0. The molecule has 1 N–H and O–H groups in total. The first kappa shape index (κ1) is 15.8. The molecule has 0 radical (unpaired) electrons. The number of hydrogen-bond donors (Lipinski definition) is 1. The zero-order valence-electron chi connectivity index (χ0n) is 13.3. The summed E-state index contributed by atoms with van der Waals surface area (Å²) < 4.78 is 5.30. The third kappa shape index (κ3) is 5.76. The SMILES string of the molecule is CC(C)(C)OC(=O)N[C@@H]1CCN(CCc2ccccc2)C1. The van der Waals surface area contributed by atoms with Crippen LogP contribution in [0.4, 0.5) is 4.79 Å². The topological polar surface area (TPSA) is 41.6 Å². The summed E-state index contributed by atoms with van der Waals surface area (Å²) >= 11 is 0. The van der Waals surface area contributed by atoms with Gasteiger partial charge in [0.1, 0.15) is 5.60 Å². The number of alkyl carbamates (subject to hydrolysis) is 1. The van der Waals surface area contributed by atoms with Gasteiger partial charge in [-0.25, -0.2) is 4.79 Å². The molecule has 0 bridgehead atoms. The van der Waals surface area contributed by atoms with E-state index in [0.29, 0.717) is 0 Å². The van der Waals surface area contributed by atoms with Crippen molar-refractivity contribution in [2.45, 2.75) is 45.3 Å². The Bertz CT molecular complexity index is 454. The molecule has 1 heterocycles. The lowest BCUT2D eigenvalue weighted by Gasteiger charge is -2.22. The fourth-order valence-corrected chi connectivity index (χ4v) is 2.56. The quantitative estimate of drug-likeness (QED) is 0.927. The van der Waals surface area contributed by atoms with E-state index in [9.17, 15) is 4.79 Å². The molecule has 1 aliphatic heterocycles. The number of rotatable bonds is 4. The predicted octanol–water partition coefficient (Wildman–Crippen LogP) is 2.83. The highest BCUT2D eigenvalue weighted by molar-refractivity contribution is 5.68. The lowest BCUT2D eigenvalue weighted by molar-refractivity contribution is 0.0506. The minimum Gasteiger partial charge on any atom is -0.444 e. The van der Waals surface area contributed by atoms with Crippen LogP contribution < -0.4 is 5.32 Å². The second-order valence-corrected chi connectivity index (χ2v) is 6.67. The fourth-order valence-electron chi connectivity index (χ4n) is 2.56. The Labute approximate surface area is 127 Å². The highest BCUT2D eigenvalue weighted by Crippen LogP contribution is 2.12. The molecular weight excluding hydrogens is 264 g/mol. The van der Waals surface area contributed by atoms with Crippen LogP contribution in [0.5, 0.6) is 0 Å². The molecule has 1 aromatic rings. The summed E-state index contributed by atoms with van der Waals surface area (Å²) in [6, 6.07) is 10.7. The van der Waals surface area contributed by atoms with E-state index in [4.69, 9.17) is 4.74 Å². The summed E-state index contributed by atoms with van der Waals surface area (Å²) in [5.74, 6) is 0. The normalized spacial score (nSPS) is 19.5. The summed E-state index contributed by atoms with van der Waals surface area (Å²) in [4.78, 5) is 14.1. The zero-order chi connectivity index (χ0) is 15.3. The second kappa shape index (κ2) is 6.94. The van der Waals surface area contributed by atoms with Crippen LogP contribution in [0.3, 0.4) is 0 Å². The second-order valence-electron chi connectivity index (χ2n) is 6.67. The van der Waals surface area contributed by atoms with E-state index >= 15 is 0 Å². The maximum Gasteiger partial charge on any atom is 0.407 e. The van der Waals surface area contributed by atoms with Crippen LogP contribution in [0.15, 0.2) is 30.3 Å². The van der Waals surface area contributed by atoms with Crippen LogP contribution in [0.2, 0.25) is 0 Å². The van der Waals surface area contributed by atoms with Crippen molar-refractivity contribution in [1.82, 2.24) is 10.2 Å². The molecular formula is C17H26N2O2. The molecule has 116 valence electrons. The molecule has 2 rings (SSSR count). The molecule has 1 saturated heterocycles. The predicted molar refractivity (Wildman–Crippen MR) is 84.4 cm³/mol. The molecule has 1 amide bonds. The average Bonchev–Trinajstić information content (AvgIpc) is 2.83. The van der Waals surface area contributed by atoms with Crippen molar-refractivity contribution in [2.24, 2.45) is 0 Å². The molecule has 0 aliphatic carbocycles. The standard InChI is InChI=1S/C17H26N2O2/c1-17(2,3)21-16(20)18-15-10-12-19(13-15)11-9-14-7-5-4-6-8-14/h4-8,15H,9-13H2,1-3H3,(H,18,20)/t15-/m1/s1. The maximum atomic E-state index is 11.7. The molecule has 0 saturated carbocycles. The number of carbonyl (C=O) groups is 1. The molecule has 0 unspecified atom stereocenters. The number of carbonyl (C=O) groups excluding carboxylic acids is 1. The maximum absolute atomic E-state index is 11.7. The van der Waals surface area contributed by atoms with Crippen LogP contribution in [0.1, 0.15) is 32.8 Å². The van der Waals surface area contributed by atoms with Gasteiger partial charge < -0.3 is 15.0 Å². The van der Waals surface area contributed by atoms with E-state index < -0.39 is 5.60 Å². The Hall–Kier alpha value is -1.55. The first-order valence-corrected chi connectivity index (χ1v) is 7.68. The molecule has 4 nitrogen and oxygen atoms in total. The fraction of sp³-hybridized carbons (Fsp3) is 0.588. The Morgan fingerprint density at radius 3 is 2.71 bits per heavy atom. The van der Waals surface area contributed by atoms with Crippen molar-refractivity contribution in [3.8, 4) is 0 Å². The van der Waals surface area contributed by atoms with Gasteiger partial charge in [0.15, 0.2) is 0 Å². The lowest BCUT2D eigenvalue weighted by Crippen LogP contribution is -2.40. The zero-order valence-corrected chi connectivity index (χ0v) is 13.3. The Morgan fingerprint density at radius 2 is 2.05 bits per heavy atom. The van der Waals surface area contributed by atoms with Gasteiger partial charge >= 0.3 is 6.09 Å². The van der Waals surface area contributed by atoms with E-state index in [2.05, 4.69) is 34.5 Å². The minimum absolute atomic E-state index is 0.204. The van der Waals surface area contributed by atoms with E-state index in [1.54, 1.807) is 0 Å². The summed E-state index contributed by atoms with van der Waals surface area (Å²) in [5, 5.41) is 2.96. The van der Waals surface area contributed by atoms with Gasteiger partial charge in [0, 0.05) is 25.7 Å². The summed E-state index contributed by atoms with van der Waals surface area (Å²) in [6.45, 7) is 8.63. The van der Waals surface area contributed by atoms with Gasteiger partial charge in [0.2, 0.25) is 0 Å². The van der Waals surface area contributed by atoms with Gasteiger partial charge in [-0.15, -0.1) is 0 Å². The first-order valence-electron chi connectivity index (χ1n) is 7.68. The third-order valence-electron chi connectivity index (χ3n) is 3.55. The third-order valence-corrected chi connectivity index (χ3v) is 3.55. The average molecular weight is 290 g/mol. The summed E-state index contributed by atoms with van der Waals surface area (Å²) in [5.41, 5.74) is 0.927. The van der Waals surface area contributed by atoms with Crippen LogP contribution in [-0.2, 0) is 11.2 Å². The Balaban J connectivity index is 1.70. The Kier molecular flexibility index (Phi) is 5.23.